The predicted octanol–water partition coefficient (Wildman–Crippen LogP) is 2.73. The minimum Gasteiger partial charge on any atom is -1.00 e. The van der Waals surface area contributed by atoms with Crippen molar-refractivity contribution in [2.45, 2.75) is 38.1 Å². The van der Waals surface area contributed by atoms with E-state index in [1.807, 2.05) is 0 Å². The number of halogens is 1. The number of para-hydroxylation sites is 1. The second kappa shape index (κ2) is 7.48. The summed E-state index contributed by atoms with van der Waals surface area (Å²) in [7, 11) is 0. The molecule has 4 heteroatoms. The van der Waals surface area contributed by atoms with E-state index in [1.54, 1.807) is 0 Å². The lowest BCUT2D eigenvalue weighted by molar-refractivity contribution is -0.479. The van der Waals surface area contributed by atoms with Crippen LogP contribution in [0.3, 0.4) is 0 Å². The molecule has 3 nitrogen and oxygen atoms in total. The summed E-state index contributed by atoms with van der Waals surface area (Å²) < 4.78 is 4.67. The lowest BCUT2D eigenvalue weighted by Crippen LogP contribution is -3.00. The van der Waals surface area contributed by atoms with Crippen LogP contribution >= 0.6 is 0 Å². The Morgan fingerprint density at radius 3 is 2.55 bits per heavy atom. The highest BCUT2D eigenvalue weighted by atomic mass is 127. The van der Waals surface area contributed by atoms with Gasteiger partial charge in [-0.15, -0.1) is 0 Å². The van der Waals surface area contributed by atoms with E-state index in [2.05, 4.69) is 87.0 Å². The largest absolute Gasteiger partial charge is 1.00 e. The van der Waals surface area contributed by atoms with Crippen LogP contribution in [0.25, 0.3) is 33.0 Å². The third-order valence-corrected chi connectivity index (χ3v) is 6.28. The molecule has 1 saturated carbocycles. The van der Waals surface area contributed by atoms with Crippen molar-refractivity contribution >= 4 is 38.7 Å². The van der Waals surface area contributed by atoms with Crippen LogP contribution in [0.5, 0.6) is 0 Å². The van der Waals surface area contributed by atoms with Crippen LogP contribution in [-0.4, -0.2) is 10.4 Å². The second-order valence-corrected chi connectivity index (χ2v) is 8.10. The molecule has 2 aromatic carbocycles. The number of fused-ring (bicyclic) bond motifs is 7. The Bertz CT molecular complexity index is 1330. The molecule has 6 rings (SSSR count). The van der Waals surface area contributed by atoms with Crippen LogP contribution in [0.2, 0.25) is 0 Å². The number of rotatable bonds is 2. The van der Waals surface area contributed by atoms with E-state index in [0.29, 0.717) is 6.04 Å². The third-order valence-electron chi connectivity index (χ3n) is 6.28. The Morgan fingerprint density at radius 1 is 0.828 bits per heavy atom. The minimum absolute atomic E-state index is 0. The first-order valence-corrected chi connectivity index (χ1v) is 10.4. The molecular weight excluding hydrogens is 469 g/mol. The molecule has 0 bridgehead atoms. The molecule has 0 aliphatic heterocycles. The van der Waals surface area contributed by atoms with E-state index < -0.39 is 0 Å². The Hall–Kier alpha value is -2.34. The van der Waals surface area contributed by atoms with Crippen molar-refractivity contribution in [3.8, 4) is 0 Å². The molecule has 0 spiro atoms. The second-order valence-electron chi connectivity index (χ2n) is 8.10. The van der Waals surface area contributed by atoms with E-state index in [4.69, 9.17) is 0 Å². The molecule has 1 N–H and O–H groups in total. The Labute approximate surface area is 187 Å². The molecule has 1 aliphatic carbocycles. The molecule has 29 heavy (non-hydrogen) atoms. The number of hydrogen-bond acceptors (Lipinski definition) is 1. The quantitative estimate of drug-likeness (QED) is 0.297. The molecule has 3 aromatic heterocycles. The average Bonchev–Trinajstić information content (AvgIpc) is 3.14. The molecule has 146 valence electrons. The van der Waals surface area contributed by atoms with Crippen LogP contribution < -0.4 is 33.7 Å². The van der Waals surface area contributed by atoms with Crippen molar-refractivity contribution in [3.63, 3.8) is 0 Å². The molecule has 0 saturated heterocycles. The van der Waals surface area contributed by atoms with Gasteiger partial charge < -0.3 is 29.3 Å². The van der Waals surface area contributed by atoms with Crippen LogP contribution in [0.1, 0.15) is 32.1 Å². The summed E-state index contributed by atoms with van der Waals surface area (Å²) in [6.45, 7) is 0. The number of anilines is 1. The monoisotopic (exact) mass is 493 g/mol. The van der Waals surface area contributed by atoms with Gasteiger partial charge in [0, 0.05) is 28.6 Å². The standard InChI is InChI=1S/C25H24N3.HI/c1-2-7-20(8-3-1)26-21-12-14-24-19(16-21)10-13-22-17-27-23-9-5-4-6-18(23)11-15-25(27)28(22)24;/h4-6,9-17,20,26H,1-3,7-8H2;1H/q+1;/p-1. The number of aromatic nitrogens is 2. The number of hydrogen-bond donors (Lipinski definition) is 1. The molecular formula is C25H24IN3. The third kappa shape index (κ3) is 3.14. The summed E-state index contributed by atoms with van der Waals surface area (Å²) in [6, 6.07) is 24.9. The zero-order valence-electron chi connectivity index (χ0n) is 16.3. The van der Waals surface area contributed by atoms with Crippen LogP contribution in [-0.2, 0) is 0 Å². The van der Waals surface area contributed by atoms with Crippen molar-refractivity contribution in [3.05, 3.63) is 72.9 Å². The van der Waals surface area contributed by atoms with Gasteiger partial charge >= 0.3 is 0 Å². The molecule has 1 aliphatic rings. The fourth-order valence-corrected chi connectivity index (χ4v) is 4.88. The number of nitrogens with one attached hydrogen (secondary N) is 1. The lowest BCUT2D eigenvalue weighted by Gasteiger charge is -2.23. The van der Waals surface area contributed by atoms with Crippen LogP contribution in [0, 0.1) is 0 Å². The van der Waals surface area contributed by atoms with Crippen molar-refractivity contribution in [1.29, 1.82) is 0 Å². The first kappa shape index (κ1) is 18.7. The normalized spacial score (nSPS) is 15.2. The van der Waals surface area contributed by atoms with Gasteiger partial charge in [-0.25, -0.2) is 0 Å². The predicted molar refractivity (Wildman–Crippen MR) is 116 cm³/mol. The molecule has 0 atom stereocenters. The molecule has 5 aromatic rings. The fourth-order valence-electron chi connectivity index (χ4n) is 4.88. The average molecular weight is 493 g/mol. The van der Waals surface area contributed by atoms with Crippen molar-refractivity contribution in [2.75, 3.05) is 5.32 Å². The number of nitrogens with zero attached hydrogens (tertiary/aromatic N) is 2. The van der Waals surface area contributed by atoms with Crippen molar-refractivity contribution in [2.24, 2.45) is 0 Å². The van der Waals surface area contributed by atoms with E-state index >= 15 is 0 Å². The van der Waals surface area contributed by atoms with Gasteiger partial charge in [0.15, 0.2) is 5.52 Å². The van der Waals surface area contributed by atoms with Crippen LogP contribution in [0.15, 0.2) is 72.9 Å². The highest BCUT2D eigenvalue weighted by Crippen LogP contribution is 2.26. The maximum Gasteiger partial charge on any atom is 0.292 e. The van der Waals surface area contributed by atoms with E-state index in [1.165, 1.54) is 70.8 Å². The fraction of sp³-hybridized carbons (Fsp3) is 0.240. The molecule has 1 fully saturated rings. The Kier molecular flexibility index (Phi) is 4.82. The van der Waals surface area contributed by atoms with Gasteiger partial charge in [-0.1, -0.05) is 37.5 Å². The summed E-state index contributed by atoms with van der Waals surface area (Å²) in [6.07, 6.45) is 8.93. The van der Waals surface area contributed by atoms with E-state index in [0.717, 1.165) is 0 Å². The lowest BCUT2D eigenvalue weighted by atomic mass is 9.95. The van der Waals surface area contributed by atoms with Crippen molar-refractivity contribution < 1.29 is 28.4 Å². The Balaban J connectivity index is 0.00000181. The SMILES string of the molecule is [I-].c1ccc2c(c1)ccc1n3c(ccc4cc(NC5CCCCC5)ccc43)c[n+]21. The number of pyridine rings is 2. The van der Waals surface area contributed by atoms with E-state index in [9.17, 15) is 0 Å². The van der Waals surface area contributed by atoms with Gasteiger partial charge in [0.05, 0.1) is 0 Å². The smallest absolute Gasteiger partial charge is 0.292 e. The highest BCUT2D eigenvalue weighted by molar-refractivity contribution is 5.88. The first-order valence-electron chi connectivity index (χ1n) is 10.4. The van der Waals surface area contributed by atoms with Gasteiger partial charge in [0.25, 0.3) is 5.65 Å². The summed E-state index contributed by atoms with van der Waals surface area (Å²) in [5.74, 6) is 0. The number of benzene rings is 2. The van der Waals surface area contributed by atoms with Gasteiger partial charge in [0.1, 0.15) is 17.2 Å². The first-order chi connectivity index (χ1) is 13.9. The molecule has 0 radical (unpaired) electrons. The summed E-state index contributed by atoms with van der Waals surface area (Å²) >= 11 is 0. The summed E-state index contributed by atoms with van der Waals surface area (Å²) in [5, 5.41) is 6.30. The number of imidazole rings is 1. The van der Waals surface area contributed by atoms with Gasteiger partial charge in [-0.2, -0.15) is 8.80 Å². The topological polar surface area (TPSA) is 20.5 Å². The zero-order valence-corrected chi connectivity index (χ0v) is 18.5. The zero-order chi connectivity index (χ0) is 18.5. The molecule has 0 unspecified atom stereocenters. The van der Waals surface area contributed by atoms with Gasteiger partial charge in [0.2, 0.25) is 0 Å². The highest BCUT2D eigenvalue weighted by Gasteiger charge is 2.17. The molecule has 0 amide bonds. The summed E-state index contributed by atoms with van der Waals surface area (Å²) in [4.78, 5) is 0. The maximum absolute atomic E-state index is 3.76. The van der Waals surface area contributed by atoms with Crippen LogP contribution in [0.4, 0.5) is 5.69 Å². The van der Waals surface area contributed by atoms with Gasteiger partial charge in [-0.05, 0) is 55.3 Å². The van der Waals surface area contributed by atoms with Gasteiger partial charge in [-0.3, -0.25) is 0 Å². The maximum atomic E-state index is 3.76. The molecule has 3 heterocycles. The summed E-state index contributed by atoms with van der Waals surface area (Å²) in [5.41, 5.74) is 6.16. The van der Waals surface area contributed by atoms with Crippen molar-refractivity contribution in [1.82, 2.24) is 4.40 Å². The Morgan fingerprint density at radius 2 is 1.66 bits per heavy atom. The van der Waals surface area contributed by atoms with E-state index in [-0.39, 0.29) is 24.0 Å². The minimum atomic E-state index is 0.